The number of carbonyl (C=O) groups is 1. The van der Waals surface area contributed by atoms with E-state index in [1.165, 1.54) is 7.11 Å². The van der Waals surface area contributed by atoms with E-state index in [-0.39, 0.29) is 12.4 Å². The summed E-state index contributed by atoms with van der Waals surface area (Å²) in [4.78, 5) is 11.1. The van der Waals surface area contributed by atoms with Gasteiger partial charge in [-0.2, -0.15) is 0 Å². The summed E-state index contributed by atoms with van der Waals surface area (Å²) >= 11 is 0. The Morgan fingerprint density at radius 2 is 1.43 bits per heavy atom. The number of ether oxygens (including phenoxy) is 3. The highest BCUT2D eigenvalue weighted by Gasteiger charge is 2.02. The van der Waals surface area contributed by atoms with E-state index in [1.807, 2.05) is 54.6 Å². The third-order valence-corrected chi connectivity index (χ3v) is 2.86. The zero-order valence-electron chi connectivity index (χ0n) is 12.0. The van der Waals surface area contributed by atoms with Crippen LogP contribution in [0.3, 0.4) is 0 Å². The summed E-state index contributed by atoms with van der Waals surface area (Å²) in [5, 5.41) is 0. The third-order valence-electron chi connectivity index (χ3n) is 2.86. The molecule has 110 valence electrons. The van der Waals surface area contributed by atoms with Gasteiger partial charge in [0, 0.05) is 0 Å². The second-order valence-corrected chi connectivity index (χ2v) is 4.41. The van der Waals surface area contributed by atoms with Crippen molar-refractivity contribution in [1.82, 2.24) is 0 Å². The fraction of sp³-hybridized carbons (Fsp3) is 0.235. The maximum Gasteiger partial charge on any atom is 0.309 e. The van der Waals surface area contributed by atoms with Crippen LogP contribution >= 0.6 is 0 Å². The number of hydrogen-bond acceptors (Lipinski definition) is 4. The predicted molar refractivity (Wildman–Crippen MR) is 79.6 cm³/mol. The summed E-state index contributed by atoms with van der Waals surface area (Å²) in [6.07, 6.45) is 0.272. The van der Waals surface area contributed by atoms with Crippen molar-refractivity contribution in [1.29, 1.82) is 0 Å². The van der Waals surface area contributed by atoms with Crippen molar-refractivity contribution < 1.29 is 19.0 Å². The van der Waals surface area contributed by atoms with E-state index in [2.05, 4.69) is 4.74 Å². The van der Waals surface area contributed by atoms with Crippen LogP contribution in [0, 0.1) is 0 Å². The lowest BCUT2D eigenvalue weighted by molar-refractivity contribution is -0.139. The van der Waals surface area contributed by atoms with Crippen LogP contribution in [0.1, 0.15) is 5.56 Å². The van der Waals surface area contributed by atoms with Gasteiger partial charge in [0.05, 0.1) is 13.5 Å². The maximum atomic E-state index is 11.1. The van der Waals surface area contributed by atoms with Gasteiger partial charge in [0.1, 0.15) is 24.7 Å². The van der Waals surface area contributed by atoms with Gasteiger partial charge in [-0.3, -0.25) is 4.79 Å². The monoisotopic (exact) mass is 286 g/mol. The van der Waals surface area contributed by atoms with Gasteiger partial charge in [-0.15, -0.1) is 0 Å². The quantitative estimate of drug-likeness (QED) is 0.580. The Hall–Kier alpha value is -2.49. The van der Waals surface area contributed by atoms with Crippen molar-refractivity contribution >= 4 is 5.97 Å². The standard InChI is InChI=1S/C17H18O4/c1-19-17(18)13-14-7-9-16(10-8-14)21-12-11-20-15-5-3-2-4-6-15/h2-10H,11-13H2,1H3. The predicted octanol–water partition coefficient (Wildman–Crippen LogP) is 2.86. The molecule has 0 heterocycles. The van der Waals surface area contributed by atoms with Gasteiger partial charge >= 0.3 is 5.97 Å². The van der Waals surface area contributed by atoms with E-state index < -0.39 is 0 Å². The Morgan fingerprint density at radius 3 is 2.00 bits per heavy atom. The summed E-state index contributed by atoms with van der Waals surface area (Å²) in [6, 6.07) is 17.0. The molecule has 0 bridgehead atoms. The first kappa shape index (κ1) is 14.9. The van der Waals surface area contributed by atoms with Gasteiger partial charge in [-0.1, -0.05) is 30.3 Å². The fourth-order valence-electron chi connectivity index (χ4n) is 1.78. The van der Waals surface area contributed by atoms with Crippen LogP contribution in [-0.2, 0) is 16.0 Å². The number of esters is 1. The molecule has 2 aromatic carbocycles. The summed E-state index contributed by atoms with van der Waals surface area (Å²) in [6.45, 7) is 0.944. The minimum atomic E-state index is -0.250. The molecule has 2 rings (SSSR count). The maximum absolute atomic E-state index is 11.1. The topological polar surface area (TPSA) is 44.8 Å². The van der Waals surface area contributed by atoms with E-state index in [0.29, 0.717) is 13.2 Å². The molecular weight excluding hydrogens is 268 g/mol. The van der Waals surface area contributed by atoms with Crippen LogP contribution < -0.4 is 9.47 Å². The SMILES string of the molecule is COC(=O)Cc1ccc(OCCOc2ccccc2)cc1. The Kier molecular flexibility index (Phi) is 5.64. The lowest BCUT2D eigenvalue weighted by Crippen LogP contribution is -2.09. The zero-order valence-corrected chi connectivity index (χ0v) is 12.0. The molecule has 0 radical (unpaired) electrons. The molecule has 0 saturated carbocycles. The third kappa shape index (κ3) is 5.18. The molecular formula is C17H18O4. The molecule has 0 aliphatic rings. The normalized spacial score (nSPS) is 9.95. The van der Waals surface area contributed by atoms with Crippen LogP contribution in [0.2, 0.25) is 0 Å². The number of methoxy groups -OCH3 is 1. The first-order valence-corrected chi connectivity index (χ1v) is 6.74. The van der Waals surface area contributed by atoms with Gasteiger partial charge in [-0.25, -0.2) is 0 Å². The summed E-state index contributed by atoms with van der Waals surface area (Å²) < 4.78 is 15.7. The first-order valence-electron chi connectivity index (χ1n) is 6.74. The fourth-order valence-corrected chi connectivity index (χ4v) is 1.78. The molecule has 0 saturated heterocycles. The summed E-state index contributed by atoms with van der Waals surface area (Å²) in [5.41, 5.74) is 0.898. The largest absolute Gasteiger partial charge is 0.490 e. The highest BCUT2D eigenvalue weighted by Crippen LogP contribution is 2.13. The zero-order chi connectivity index (χ0) is 14.9. The molecule has 0 amide bonds. The molecule has 0 aliphatic heterocycles. The second-order valence-electron chi connectivity index (χ2n) is 4.41. The summed E-state index contributed by atoms with van der Waals surface area (Å²) in [5.74, 6) is 1.33. The van der Waals surface area contributed by atoms with Gasteiger partial charge < -0.3 is 14.2 Å². The van der Waals surface area contributed by atoms with E-state index in [4.69, 9.17) is 9.47 Å². The van der Waals surface area contributed by atoms with E-state index in [1.54, 1.807) is 0 Å². The van der Waals surface area contributed by atoms with Gasteiger partial charge in [-0.05, 0) is 29.8 Å². The molecule has 4 heteroatoms. The van der Waals surface area contributed by atoms with Crippen LogP contribution in [0.25, 0.3) is 0 Å². The Labute approximate surface area is 124 Å². The highest BCUT2D eigenvalue weighted by atomic mass is 16.5. The average molecular weight is 286 g/mol. The average Bonchev–Trinajstić information content (AvgIpc) is 2.54. The number of para-hydroxylation sites is 1. The van der Waals surface area contributed by atoms with Crippen molar-refractivity contribution in [3.63, 3.8) is 0 Å². The molecule has 0 N–H and O–H groups in total. The molecule has 4 nitrogen and oxygen atoms in total. The van der Waals surface area contributed by atoms with Crippen LogP contribution in [0.5, 0.6) is 11.5 Å². The minimum Gasteiger partial charge on any atom is -0.490 e. The molecule has 21 heavy (non-hydrogen) atoms. The molecule has 0 fully saturated rings. The highest BCUT2D eigenvalue weighted by molar-refractivity contribution is 5.72. The van der Waals surface area contributed by atoms with Crippen molar-refractivity contribution in [2.24, 2.45) is 0 Å². The van der Waals surface area contributed by atoms with Gasteiger partial charge in [0.2, 0.25) is 0 Å². The van der Waals surface area contributed by atoms with Gasteiger partial charge in [0.25, 0.3) is 0 Å². The van der Waals surface area contributed by atoms with Crippen LogP contribution in [0.15, 0.2) is 54.6 Å². The Bertz CT molecular complexity index is 549. The van der Waals surface area contributed by atoms with Crippen LogP contribution in [-0.4, -0.2) is 26.3 Å². The number of carbonyl (C=O) groups excluding carboxylic acids is 1. The van der Waals surface area contributed by atoms with E-state index in [9.17, 15) is 4.79 Å². The Morgan fingerprint density at radius 1 is 0.857 bits per heavy atom. The molecule has 0 aliphatic carbocycles. The molecule has 0 spiro atoms. The summed E-state index contributed by atoms with van der Waals surface area (Å²) in [7, 11) is 1.38. The van der Waals surface area contributed by atoms with Crippen molar-refractivity contribution in [3.8, 4) is 11.5 Å². The Balaban J connectivity index is 1.72. The van der Waals surface area contributed by atoms with E-state index >= 15 is 0 Å². The van der Waals surface area contributed by atoms with Gasteiger partial charge in [0.15, 0.2) is 0 Å². The van der Waals surface area contributed by atoms with Crippen molar-refractivity contribution in [2.45, 2.75) is 6.42 Å². The van der Waals surface area contributed by atoms with Crippen LogP contribution in [0.4, 0.5) is 0 Å². The molecule has 0 unspecified atom stereocenters. The first-order chi connectivity index (χ1) is 10.3. The van der Waals surface area contributed by atoms with Crippen molar-refractivity contribution in [3.05, 3.63) is 60.2 Å². The minimum absolute atomic E-state index is 0.250. The molecule has 0 atom stereocenters. The lowest BCUT2D eigenvalue weighted by atomic mass is 10.1. The van der Waals surface area contributed by atoms with Crippen molar-refractivity contribution in [2.75, 3.05) is 20.3 Å². The molecule has 0 aromatic heterocycles. The molecule has 2 aromatic rings. The number of hydrogen-bond donors (Lipinski definition) is 0. The smallest absolute Gasteiger partial charge is 0.309 e. The number of rotatable bonds is 7. The number of benzene rings is 2. The second kappa shape index (κ2) is 7.94. The lowest BCUT2D eigenvalue weighted by Gasteiger charge is -2.08. The van der Waals surface area contributed by atoms with E-state index in [0.717, 1.165) is 17.1 Å².